The molecular weight excluding hydrogens is 388 g/mol. The van der Waals surface area contributed by atoms with Crippen LogP contribution < -0.4 is 10.1 Å². The van der Waals surface area contributed by atoms with E-state index in [2.05, 4.69) is 34.6 Å². The van der Waals surface area contributed by atoms with E-state index in [1.54, 1.807) is 7.11 Å². The number of aliphatic hydroxyl groups is 1. The Morgan fingerprint density at radius 2 is 2.03 bits per heavy atom. The molecule has 3 heterocycles. The van der Waals surface area contributed by atoms with Gasteiger partial charge in [-0.05, 0) is 35.8 Å². The van der Waals surface area contributed by atoms with Gasteiger partial charge in [-0.3, -0.25) is 5.41 Å². The first-order valence-corrected chi connectivity index (χ1v) is 10.6. The first-order valence-electron chi connectivity index (χ1n) is 10.6. The summed E-state index contributed by atoms with van der Waals surface area (Å²) in [5, 5.41) is 21.9. The zero-order valence-corrected chi connectivity index (χ0v) is 17.5. The van der Waals surface area contributed by atoms with Crippen molar-refractivity contribution in [2.75, 3.05) is 32.1 Å². The molecule has 0 saturated carbocycles. The fourth-order valence-electron chi connectivity index (χ4n) is 4.41. The molecule has 2 aromatic carbocycles. The van der Waals surface area contributed by atoms with Crippen LogP contribution in [0.25, 0.3) is 22.8 Å². The molecule has 0 aliphatic carbocycles. The van der Waals surface area contributed by atoms with Crippen LogP contribution in [0.15, 0.2) is 54.7 Å². The number of anilines is 1. The van der Waals surface area contributed by atoms with Crippen LogP contribution in [0.2, 0.25) is 0 Å². The number of methoxy groups -OCH3 is 1. The third kappa shape index (κ3) is 3.59. The molecule has 1 atom stereocenters. The minimum atomic E-state index is -0.339. The summed E-state index contributed by atoms with van der Waals surface area (Å²) in [6, 6.07) is 16.2. The maximum atomic E-state index is 9.82. The molecule has 2 aliphatic rings. The van der Waals surface area contributed by atoms with E-state index in [9.17, 15) is 5.11 Å². The number of amidine groups is 1. The second kappa shape index (κ2) is 7.96. The van der Waals surface area contributed by atoms with Crippen LogP contribution >= 0.6 is 0 Å². The summed E-state index contributed by atoms with van der Waals surface area (Å²) in [5.41, 5.74) is 6.37. The summed E-state index contributed by atoms with van der Waals surface area (Å²) in [7, 11) is 1.69. The summed E-state index contributed by atoms with van der Waals surface area (Å²) in [6.45, 7) is 1.96. The van der Waals surface area contributed by atoms with E-state index in [0.717, 1.165) is 52.4 Å². The van der Waals surface area contributed by atoms with Gasteiger partial charge < -0.3 is 25.0 Å². The van der Waals surface area contributed by atoms with Gasteiger partial charge in [-0.1, -0.05) is 36.4 Å². The molecule has 4 N–H and O–H groups in total. The van der Waals surface area contributed by atoms with Crippen molar-refractivity contribution < 1.29 is 9.84 Å². The number of rotatable bonds is 4. The fourth-order valence-corrected chi connectivity index (χ4v) is 4.41. The number of aromatic amines is 1. The van der Waals surface area contributed by atoms with E-state index in [4.69, 9.17) is 10.1 Å². The van der Waals surface area contributed by atoms with E-state index in [1.807, 2.05) is 41.4 Å². The maximum Gasteiger partial charge on any atom is 0.128 e. The van der Waals surface area contributed by atoms with Gasteiger partial charge in [0.1, 0.15) is 17.4 Å². The summed E-state index contributed by atoms with van der Waals surface area (Å²) in [4.78, 5) is 5.29. The van der Waals surface area contributed by atoms with Crippen molar-refractivity contribution in [3.8, 4) is 16.9 Å². The Morgan fingerprint density at radius 3 is 2.84 bits per heavy atom. The Hall–Kier alpha value is -3.51. The van der Waals surface area contributed by atoms with Crippen LogP contribution in [-0.4, -0.2) is 53.7 Å². The number of nitrogens with one attached hydrogen (secondary N) is 3. The lowest BCUT2D eigenvalue weighted by atomic mass is 9.95. The molecule has 1 unspecified atom stereocenters. The lowest BCUT2D eigenvalue weighted by Crippen LogP contribution is -2.29. The minimum absolute atomic E-state index is 0.339. The van der Waals surface area contributed by atoms with Crippen molar-refractivity contribution in [3.05, 3.63) is 71.4 Å². The molecule has 2 aliphatic heterocycles. The molecule has 31 heavy (non-hydrogen) atoms. The van der Waals surface area contributed by atoms with Crippen molar-refractivity contribution in [1.29, 1.82) is 5.41 Å². The van der Waals surface area contributed by atoms with Gasteiger partial charge in [0.05, 0.1) is 13.2 Å². The number of H-pyrrole nitrogens is 1. The smallest absolute Gasteiger partial charge is 0.128 e. The predicted octanol–water partition coefficient (Wildman–Crippen LogP) is 4.05. The van der Waals surface area contributed by atoms with Crippen LogP contribution in [0, 0.1) is 5.41 Å². The molecule has 0 spiro atoms. The summed E-state index contributed by atoms with van der Waals surface area (Å²) in [6.07, 6.45) is 4.61. The number of aromatic nitrogens is 1. The molecule has 0 bridgehead atoms. The van der Waals surface area contributed by atoms with E-state index in [-0.39, 0.29) is 6.10 Å². The molecular formula is C25H26N4O2. The third-order valence-electron chi connectivity index (χ3n) is 6.08. The number of para-hydroxylation sites is 1. The summed E-state index contributed by atoms with van der Waals surface area (Å²) >= 11 is 0. The van der Waals surface area contributed by atoms with Crippen LogP contribution in [-0.2, 0) is 0 Å². The number of hydrogen-bond acceptors (Lipinski definition) is 4. The van der Waals surface area contributed by atoms with Crippen LogP contribution in [0.3, 0.4) is 0 Å². The van der Waals surface area contributed by atoms with E-state index < -0.39 is 0 Å². The van der Waals surface area contributed by atoms with Gasteiger partial charge >= 0.3 is 0 Å². The average molecular weight is 415 g/mol. The van der Waals surface area contributed by atoms with Crippen molar-refractivity contribution >= 4 is 23.3 Å². The van der Waals surface area contributed by atoms with Gasteiger partial charge in [0.2, 0.25) is 0 Å². The van der Waals surface area contributed by atoms with Crippen LogP contribution in [0.5, 0.6) is 5.75 Å². The number of β-amino-alcohol motifs (C(OH)–C–C–N with tert-alkyl or cyclic N) is 1. The van der Waals surface area contributed by atoms with Crippen molar-refractivity contribution in [2.45, 2.75) is 12.5 Å². The number of nitrogens with zero attached hydrogens (tertiary/aromatic N) is 1. The van der Waals surface area contributed by atoms with Gasteiger partial charge in [-0.25, -0.2) is 0 Å². The molecule has 6 nitrogen and oxygen atoms in total. The lowest BCUT2D eigenvalue weighted by molar-refractivity contribution is 0.188. The van der Waals surface area contributed by atoms with Gasteiger partial charge in [0, 0.05) is 48.1 Å². The molecule has 1 fully saturated rings. The second-order valence-electron chi connectivity index (χ2n) is 8.03. The number of fused-ring (bicyclic) bond motifs is 1. The Bertz CT molecular complexity index is 1160. The van der Waals surface area contributed by atoms with Gasteiger partial charge in [-0.15, -0.1) is 0 Å². The third-order valence-corrected chi connectivity index (χ3v) is 6.08. The highest BCUT2D eigenvalue weighted by Crippen LogP contribution is 2.39. The number of benzene rings is 2. The SMILES string of the molecule is COc1ccccc1-c1c[nH]c2c1C=C(c1cccc(C(=N)N3CCC(O)C3)c1)CN2. The largest absolute Gasteiger partial charge is 0.496 e. The Labute approximate surface area is 181 Å². The van der Waals surface area contributed by atoms with E-state index >= 15 is 0 Å². The molecule has 6 heteroatoms. The van der Waals surface area contributed by atoms with Gasteiger partial charge in [0.25, 0.3) is 0 Å². The Morgan fingerprint density at radius 1 is 1.16 bits per heavy atom. The van der Waals surface area contributed by atoms with Crippen molar-refractivity contribution in [1.82, 2.24) is 9.88 Å². The zero-order valence-electron chi connectivity index (χ0n) is 17.5. The molecule has 0 amide bonds. The quantitative estimate of drug-likeness (QED) is 0.383. The molecule has 158 valence electrons. The molecule has 5 rings (SSSR count). The number of hydrogen-bond donors (Lipinski definition) is 4. The van der Waals surface area contributed by atoms with Gasteiger partial charge in [0.15, 0.2) is 0 Å². The Balaban J connectivity index is 1.49. The van der Waals surface area contributed by atoms with Crippen molar-refractivity contribution in [2.24, 2.45) is 0 Å². The minimum Gasteiger partial charge on any atom is -0.496 e. The first-order chi connectivity index (χ1) is 15.1. The number of ether oxygens (including phenoxy) is 1. The van der Waals surface area contributed by atoms with Crippen LogP contribution in [0.4, 0.5) is 5.82 Å². The Kier molecular flexibility index (Phi) is 5.00. The molecule has 0 radical (unpaired) electrons. The van der Waals surface area contributed by atoms with Crippen LogP contribution in [0.1, 0.15) is 23.1 Å². The molecule has 3 aromatic rings. The maximum absolute atomic E-state index is 9.82. The standard InChI is InChI=1S/C25H26N4O2/c1-31-23-8-3-2-7-20(23)22-14-28-25-21(22)12-18(13-27-25)16-5-4-6-17(11-16)24(26)29-10-9-19(30)15-29/h2-8,11-12,14,19,26-28,30H,9-10,13,15H2,1H3. The second-order valence-corrected chi connectivity index (χ2v) is 8.03. The summed E-state index contributed by atoms with van der Waals surface area (Å²) < 4.78 is 5.57. The number of likely N-dealkylation sites (tertiary alicyclic amines) is 1. The fraction of sp³-hybridized carbons (Fsp3) is 0.240. The highest BCUT2D eigenvalue weighted by Gasteiger charge is 2.24. The van der Waals surface area contributed by atoms with Gasteiger partial charge in [-0.2, -0.15) is 0 Å². The van der Waals surface area contributed by atoms with Crippen molar-refractivity contribution in [3.63, 3.8) is 0 Å². The average Bonchev–Trinajstić information content (AvgIpc) is 3.44. The number of aliphatic hydroxyl groups excluding tert-OH is 1. The first kappa shape index (κ1) is 19.5. The van der Waals surface area contributed by atoms with E-state index in [0.29, 0.717) is 18.9 Å². The monoisotopic (exact) mass is 414 g/mol. The molecule has 1 saturated heterocycles. The zero-order chi connectivity index (χ0) is 21.4. The predicted molar refractivity (Wildman–Crippen MR) is 125 cm³/mol. The summed E-state index contributed by atoms with van der Waals surface area (Å²) in [5.74, 6) is 2.31. The lowest BCUT2D eigenvalue weighted by Gasteiger charge is -2.21. The normalized spacial score (nSPS) is 17.7. The topological polar surface area (TPSA) is 84.4 Å². The van der Waals surface area contributed by atoms with E-state index in [1.165, 1.54) is 5.57 Å². The highest BCUT2D eigenvalue weighted by molar-refractivity contribution is 6.00. The highest BCUT2D eigenvalue weighted by atomic mass is 16.5. The molecule has 1 aromatic heterocycles.